The van der Waals surface area contributed by atoms with Crippen LogP contribution < -0.4 is 9.80 Å². The van der Waals surface area contributed by atoms with Crippen molar-refractivity contribution in [1.29, 1.82) is 0 Å². The maximum Gasteiger partial charge on any atom is 0.416 e. The highest BCUT2D eigenvalue weighted by Gasteiger charge is 2.30. The summed E-state index contributed by atoms with van der Waals surface area (Å²) in [6.07, 6.45) is -4.25. The number of likely N-dealkylation sites (N-methyl/N-ethyl adjacent to an activating group) is 2. The van der Waals surface area contributed by atoms with E-state index in [4.69, 9.17) is 0 Å². The number of anilines is 2. The summed E-state index contributed by atoms with van der Waals surface area (Å²) in [6.45, 7) is 7.84. The van der Waals surface area contributed by atoms with Crippen LogP contribution in [0.4, 0.5) is 28.9 Å². The minimum Gasteiger partial charge on any atom is -0.369 e. The average molecular weight is 439 g/mol. The van der Waals surface area contributed by atoms with Crippen LogP contribution in [-0.2, 0) is 6.18 Å². The number of halogens is 4. The number of alkyl halides is 3. The molecule has 31 heavy (non-hydrogen) atoms. The first-order chi connectivity index (χ1) is 14.7. The van der Waals surface area contributed by atoms with Crippen molar-refractivity contribution >= 4 is 11.4 Å². The molecule has 0 saturated carbocycles. The van der Waals surface area contributed by atoms with Crippen LogP contribution in [0.2, 0.25) is 0 Å². The second kappa shape index (κ2) is 10.3. The minimum atomic E-state index is -4.25. The van der Waals surface area contributed by atoms with E-state index in [1.807, 2.05) is 19.2 Å². The summed E-state index contributed by atoms with van der Waals surface area (Å²) in [6, 6.07) is 12.1. The van der Waals surface area contributed by atoms with Crippen molar-refractivity contribution in [2.45, 2.75) is 6.18 Å². The Morgan fingerprint density at radius 3 is 1.29 bits per heavy atom. The third kappa shape index (κ3) is 6.83. The maximum atomic E-state index is 12.7. The zero-order chi connectivity index (χ0) is 22.4. The molecule has 2 aliphatic rings. The lowest BCUT2D eigenvalue weighted by Crippen LogP contribution is -2.44. The van der Waals surface area contributed by atoms with Gasteiger partial charge in [-0.15, -0.1) is 0 Å². The summed E-state index contributed by atoms with van der Waals surface area (Å²) in [4.78, 5) is 8.92. The summed E-state index contributed by atoms with van der Waals surface area (Å²) >= 11 is 0. The fourth-order valence-corrected chi connectivity index (χ4v) is 3.64. The molecule has 0 spiro atoms. The molecule has 0 atom stereocenters. The molecule has 2 heterocycles. The zero-order valence-electron chi connectivity index (χ0n) is 18.1. The van der Waals surface area contributed by atoms with Crippen LogP contribution in [0.15, 0.2) is 48.5 Å². The van der Waals surface area contributed by atoms with Crippen LogP contribution in [0, 0.1) is 5.82 Å². The van der Waals surface area contributed by atoms with Crippen LogP contribution >= 0.6 is 0 Å². The van der Waals surface area contributed by atoms with E-state index in [9.17, 15) is 17.6 Å². The highest BCUT2D eigenvalue weighted by atomic mass is 19.4. The molecule has 0 bridgehead atoms. The fraction of sp³-hybridized carbons (Fsp3) is 0.478. The van der Waals surface area contributed by atoms with Gasteiger partial charge in [0, 0.05) is 63.7 Å². The number of nitrogens with zero attached hydrogens (tertiary/aromatic N) is 4. The molecule has 4 rings (SSSR count). The van der Waals surface area contributed by atoms with Gasteiger partial charge in [-0.1, -0.05) is 0 Å². The minimum absolute atomic E-state index is 0.164. The normalized spacial score (nSPS) is 18.5. The molecular weight excluding hydrogens is 408 g/mol. The van der Waals surface area contributed by atoms with Gasteiger partial charge in [0.25, 0.3) is 0 Å². The van der Waals surface area contributed by atoms with Crippen molar-refractivity contribution in [3.05, 3.63) is 59.9 Å². The zero-order valence-corrected chi connectivity index (χ0v) is 18.1. The van der Waals surface area contributed by atoms with Crippen molar-refractivity contribution in [2.75, 3.05) is 76.3 Å². The smallest absolute Gasteiger partial charge is 0.369 e. The second-order valence-corrected chi connectivity index (χ2v) is 8.10. The quantitative estimate of drug-likeness (QED) is 0.657. The molecule has 0 aliphatic carbocycles. The molecule has 2 saturated heterocycles. The topological polar surface area (TPSA) is 13.0 Å². The van der Waals surface area contributed by atoms with Crippen molar-refractivity contribution in [2.24, 2.45) is 0 Å². The largest absolute Gasteiger partial charge is 0.416 e. The first-order valence-corrected chi connectivity index (χ1v) is 10.5. The van der Waals surface area contributed by atoms with Crippen molar-refractivity contribution in [1.82, 2.24) is 9.80 Å². The van der Waals surface area contributed by atoms with Gasteiger partial charge in [0.15, 0.2) is 0 Å². The van der Waals surface area contributed by atoms with Gasteiger partial charge in [-0.3, -0.25) is 0 Å². The first-order valence-electron chi connectivity index (χ1n) is 10.5. The SMILES string of the molecule is CN1CCN(c2ccc(C(F)(F)F)cc2)CC1.CN1CCN(c2ccc(F)cc2)CC1. The van der Waals surface area contributed by atoms with Gasteiger partial charge >= 0.3 is 6.18 Å². The number of piperazine rings is 2. The molecule has 0 N–H and O–H groups in total. The van der Waals surface area contributed by atoms with Crippen LogP contribution in [0.1, 0.15) is 5.56 Å². The first kappa shape index (κ1) is 23.3. The van der Waals surface area contributed by atoms with Crippen LogP contribution in [-0.4, -0.2) is 76.3 Å². The Morgan fingerprint density at radius 2 is 0.935 bits per heavy atom. The molecule has 0 amide bonds. The van der Waals surface area contributed by atoms with Crippen molar-refractivity contribution < 1.29 is 17.6 Å². The Hall–Kier alpha value is -2.32. The summed E-state index contributed by atoms with van der Waals surface area (Å²) in [5.41, 5.74) is 1.40. The van der Waals surface area contributed by atoms with Gasteiger partial charge in [0.2, 0.25) is 0 Å². The number of hydrogen-bond acceptors (Lipinski definition) is 4. The van der Waals surface area contributed by atoms with Gasteiger partial charge in [0.05, 0.1) is 5.56 Å². The third-order valence-electron chi connectivity index (χ3n) is 5.76. The second-order valence-electron chi connectivity index (χ2n) is 8.10. The van der Waals surface area contributed by atoms with Gasteiger partial charge in [-0.05, 0) is 62.6 Å². The molecule has 4 nitrogen and oxygen atoms in total. The van der Waals surface area contributed by atoms with Crippen LogP contribution in [0.25, 0.3) is 0 Å². The predicted octanol–water partition coefficient (Wildman–Crippen LogP) is 4.03. The molecule has 170 valence electrons. The molecule has 2 aromatic rings. The molecule has 2 aliphatic heterocycles. The lowest BCUT2D eigenvalue weighted by Gasteiger charge is -2.34. The van der Waals surface area contributed by atoms with E-state index in [-0.39, 0.29) is 5.82 Å². The van der Waals surface area contributed by atoms with Gasteiger partial charge in [-0.25, -0.2) is 4.39 Å². The lowest BCUT2D eigenvalue weighted by molar-refractivity contribution is -0.137. The molecular formula is C23H30F4N4. The van der Waals surface area contributed by atoms with Crippen molar-refractivity contribution in [3.8, 4) is 0 Å². The van der Waals surface area contributed by atoms with Crippen molar-refractivity contribution in [3.63, 3.8) is 0 Å². The van der Waals surface area contributed by atoms with Crippen LogP contribution in [0.3, 0.4) is 0 Å². The Morgan fingerprint density at radius 1 is 0.581 bits per heavy atom. The molecule has 0 radical (unpaired) electrons. The summed E-state index contributed by atoms with van der Waals surface area (Å²) < 4.78 is 49.9. The van der Waals surface area contributed by atoms with Gasteiger partial charge < -0.3 is 19.6 Å². The van der Waals surface area contributed by atoms with E-state index >= 15 is 0 Å². The molecule has 0 unspecified atom stereocenters. The molecule has 8 heteroatoms. The van der Waals surface area contributed by atoms with Crippen LogP contribution in [0.5, 0.6) is 0 Å². The molecule has 0 aromatic heterocycles. The standard InChI is InChI=1S/C12H15F3N2.C11H15FN2/c1-16-6-8-17(9-7-16)11-4-2-10(3-5-11)12(13,14)15;1-13-6-8-14(9-7-13)11-4-2-10(12)3-5-11/h2-5H,6-9H2,1H3;2-5H,6-9H2,1H3. The van der Waals surface area contributed by atoms with E-state index in [1.54, 1.807) is 12.1 Å². The average Bonchev–Trinajstić information content (AvgIpc) is 2.75. The summed E-state index contributed by atoms with van der Waals surface area (Å²) in [5.74, 6) is -0.164. The summed E-state index contributed by atoms with van der Waals surface area (Å²) in [5, 5.41) is 0. The van der Waals surface area contributed by atoms with E-state index in [1.165, 1.54) is 12.1 Å². The maximum absolute atomic E-state index is 12.7. The number of benzene rings is 2. The highest BCUT2D eigenvalue weighted by Crippen LogP contribution is 2.30. The third-order valence-corrected chi connectivity index (χ3v) is 5.76. The van der Waals surface area contributed by atoms with E-state index in [0.717, 1.165) is 75.9 Å². The summed E-state index contributed by atoms with van der Waals surface area (Å²) in [7, 11) is 4.17. The van der Waals surface area contributed by atoms with Gasteiger partial charge in [0.1, 0.15) is 5.82 Å². The van der Waals surface area contributed by atoms with E-state index < -0.39 is 11.7 Å². The monoisotopic (exact) mass is 438 g/mol. The Labute approximate surface area is 181 Å². The number of hydrogen-bond donors (Lipinski definition) is 0. The van der Waals surface area contributed by atoms with Gasteiger partial charge in [-0.2, -0.15) is 13.2 Å². The lowest BCUT2D eigenvalue weighted by atomic mass is 10.1. The fourth-order valence-electron chi connectivity index (χ4n) is 3.64. The van der Waals surface area contributed by atoms with E-state index in [2.05, 4.69) is 26.6 Å². The molecule has 2 aromatic carbocycles. The Bertz CT molecular complexity index is 792. The Balaban J connectivity index is 0.000000179. The highest BCUT2D eigenvalue weighted by molar-refractivity contribution is 5.48. The number of rotatable bonds is 2. The predicted molar refractivity (Wildman–Crippen MR) is 117 cm³/mol. The Kier molecular flexibility index (Phi) is 7.78. The molecule has 2 fully saturated rings. The van der Waals surface area contributed by atoms with E-state index in [0.29, 0.717) is 0 Å².